The first-order chi connectivity index (χ1) is 9.32. The van der Waals surface area contributed by atoms with Crippen molar-refractivity contribution in [2.45, 2.75) is 44.8 Å². The maximum Gasteiger partial charge on any atom is 0.517 e. The second kappa shape index (κ2) is 4.51. The minimum absolute atomic E-state index is 0.221. The molecule has 0 saturated carbocycles. The van der Waals surface area contributed by atoms with Crippen LogP contribution in [0.1, 0.15) is 39.2 Å². The van der Waals surface area contributed by atoms with E-state index in [4.69, 9.17) is 9.31 Å². The first-order valence-corrected chi connectivity index (χ1v) is 7.02. The lowest BCUT2D eigenvalue weighted by Crippen LogP contribution is -2.44. The molecule has 0 unspecified atom stereocenters. The summed E-state index contributed by atoms with van der Waals surface area (Å²) in [6.07, 6.45) is 1.64. The molecule has 4 nitrogen and oxygen atoms in total. The molecule has 2 aliphatic heterocycles. The molecule has 0 spiro atoms. The van der Waals surface area contributed by atoms with E-state index in [2.05, 4.69) is 10.3 Å². The molecule has 1 aromatic rings. The normalized spacial score (nSPS) is 24.8. The molecule has 2 saturated heterocycles. The van der Waals surface area contributed by atoms with Gasteiger partial charge < -0.3 is 14.6 Å². The van der Waals surface area contributed by atoms with E-state index < -0.39 is 18.3 Å². The van der Waals surface area contributed by atoms with Gasteiger partial charge in [0.05, 0.1) is 11.2 Å². The molecular weight excluding hydrogens is 258 g/mol. The van der Waals surface area contributed by atoms with Gasteiger partial charge in [0.15, 0.2) is 0 Å². The van der Waals surface area contributed by atoms with E-state index in [1.165, 1.54) is 0 Å². The van der Waals surface area contributed by atoms with Crippen LogP contribution in [0.25, 0.3) is 0 Å². The van der Waals surface area contributed by atoms with Crippen LogP contribution in [-0.2, 0) is 9.31 Å². The Kier molecular flexibility index (Phi) is 3.16. The highest BCUT2D eigenvalue weighted by molar-refractivity contribution is 6.61. The minimum atomic E-state index is -0.743. The van der Waals surface area contributed by atoms with Crippen molar-refractivity contribution in [3.8, 4) is 0 Å². The molecule has 0 amide bonds. The van der Waals surface area contributed by atoms with Crippen molar-refractivity contribution in [1.82, 2.24) is 10.3 Å². The van der Waals surface area contributed by atoms with Gasteiger partial charge in [0.25, 0.3) is 0 Å². The number of rotatable bonds is 2. The summed E-state index contributed by atoms with van der Waals surface area (Å²) in [7, 11) is -0.743. The van der Waals surface area contributed by atoms with Crippen LogP contribution in [0, 0.1) is 5.82 Å². The Bertz CT molecular complexity index is 516. The van der Waals surface area contributed by atoms with E-state index >= 15 is 0 Å². The van der Waals surface area contributed by atoms with Gasteiger partial charge in [-0.25, -0.2) is 4.39 Å². The second-order valence-electron chi connectivity index (χ2n) is 6.54. The summed E-state index contributed by atoms with van der Waals surface area (Å²) in [5.74, 6) is -0.0725. The van der Waals surface area contributed by atoms with Gasteiger partial charge in [-0.2, -0.15) is 0 Å². The minimum Gasteiger partial charge on any atom is -0.398 e. The quantitative estimate of drug-likeness (QED) is 0.826. The summed E-state index contributed by atoms with van der Waals surface area (Å²) < 4.78 is 26.4. The van der Waals surface area contributed by atoms with E-state index in [0.717, 1.165) is 13.1 Å². The van der Waals surface area contributed by atoms with Crippen molar-refractivity contribution in [1.29, 1.82) is 0 Å². The van der Waals surface area contributed by atoms with Crippen molar-refractivity contribution in [2.24, 2.45) is 0 Å². The fraction of sp³-hybridized carbons (Fsp3) is 0.643. The van der Waals surface area contributed by atoms with Gasteiger partial charge in [0, 0.05) is 25.2 Å². The lowest BCUT2D eigenvalue weighted by atomic mass is 9.80. The van der Waals surface area contributed by atoms with Crippen molar-refractivity contribution < 1.29 is 13.7 Å². The third-order valence-electron chi connectivity index (χ3n) is 4.64. The fourth-order valence-electron chi connectivity index (χ4n) is 2.42. The highest BCUT2D eigenvalue weighted by Crippen LogP contribution is 2.36. The number of aromatic nitrogens is 1. The summed E-state index contributed by atoms with van der Waals surface area (Å²) in [6, 6.07) is 1.75. The molecule has 3 heterocycles. The number of nitrogens with zero attached hydrogens (tertiary/aromatic N) is 1. The zero-order chi connectivity index (χ0) is 14.5. The molecule has 2 aliphatic rings. The average molecular weight is 278 g/mol. The molecule has 0 bridgehead atoms. The monoisotopic (exact) mass is 278 g/mol. The number of nitrogens with one attached hydrogen (secondary N) is 1. The molecule has 1 aromatic heterocycles. The summed E-state index contributed by atoms with van der Waals surface area (Å²) in [5.41, 5.74) is -0.0175. The molecule has 20 heavy (non-hydrogen) atoms. The highest BCUT2D eigenvalue weighted by atomic mass is 19.1. The van der Waals surface area contributed by atoms with Crippen LogP contribution in [0.4, 0.5) is 4.39 Å². The van der Waals surface area contributed by atoms with Gasteiger partial charge in [0.1, 0.15) is 11.4 Å². The maximum atomic E-state index is 14.6. The van der Waals surface area contributed by atoms with E-state index in [0.29, 0.717) is 5.56 Å². The Morgan fingerprint density at radius 2 is 1.85 bits per heavy atom. The third-order valence-corrected chi connectivity index (χ3v) is 4.64. The standard InChI is InChI=1S/C14H20BFN2O2/c1-13(2)14(3,4)20-15(19-13)12-11(16)10(5-6-18-12)9-7-17-8-9/h5-6,9,17H,7-8H2,1-4H3. The molecule has 0 radical (unpaired) electrons. The van der Waals surface area contributed by atoms with Crippen molar-refractivity contribution in [3.63, 3.8) is 0 Å². The third kappa shape index (κ3) is 2.06. The lowest BCUT2D eigenvalue weighted by Gasteiger charge is -2.32. The largest absolute Gasteiger partial charge is 0.517 e. The smallest absolute Gasteiger partial charge is 0.398 e. The first kappa shape index (κ1) is 14.0. The SMILES string of the molecule is CC1(C)OB(c2nccc(C3CNC3)c2F)OC1(C)C. The van der Waals surface area contributed by atoms with Crippen LogP contribution in [0.3, 0.4) is 0 Å². The van der Waals surface area contributed by atoms with Gasteiger partial charge in [-0.05, 0) is 39.3 Å². The number of hydrogen-bond donors (Lipinski definition) is 1. The molecule has 2 fully saturated rings. The van der Waals surface area contributed by atoms with Crippen LogP contribution in [0.2, 0.25) is 0 Å². The summed E-state index contributed by atoms with van der Waals surface area (Å²) in [5, 5.41) is 3.15. The topological polar surface area (TPSA) is 43.4 Å². The number of hydrogen-bond acceptors (Lipinski definition) is 4. The Labute approximate surface area is 119 Å². The average Bonchev–Trinajstić information content (AvgIpc) is 2.48. The predicted octanol–water partition coefficient (Wildman–Crippen LogP) is 1.21. The van der Waals surface area contributed by atoms with Crippen LogP contribution in [0.5, 0.6) is 0 Å². The molecular formula is C14H20BFN2O2. The molecule has 0 aliphatic carbocycles. The number of halogens is 1. The van der Waals surface area contributed by atoms with Crippen LogP contribution < -0.4 is 10.9 Å². The Morgan fingerprint density at radius 3 is 2.35 bits per heavy atom. The molecule has 0 atom stereocenters. The second-order valence-corrected chi connectivity index (χ2v) is 6.54. The maximum absolute atomic E-state index is 14.6. The number of pyridine rings is 1. The fourth-order valence-corrected chi connectivity index (χ4v) is 2.42. The van der Waals surface area contributed by atoms with Crippen molar-refractivity contribution in [2.75, 3.05) is 13.1 Å². The zero-order valence-corrected chi connectivity index (χ0v) is 12.4. The zero-order valence-electron chi connectivity index (χ0n) is 12.4. The Morgan fingerprint density at radius 1 is 1.25 bits per heavy atom. The molecule has 3 rings (SSSR count). The lowest BCUT2D eigenvalue weighted by molar-refractivity contribution is 0.00578. The van der Waals surface area contributed by atoms with Gasteiger partial charge in [-0.15, -0.1) is 0 Å². The van der Waals surface area contributed by atoms with E-state index in [-0.39, 0.29) is 17.3 Å². The molecule has 0 aromatic carbocycles. The van der Waals surface area contributed by atoms with Crippen LogP contribution in [-0.4, -0.2) is 36.4 Å². The predicted molar refractivity (Wildman–Crippen MR) is 75.5 cm³/mol. The van der Waals surface area contributed by atoms with E-state index in [1.54, 1.807) is 12.3 Å². The molecule has 1 N–H and O–H groups in total. The summed E-state index contributed by atoms with van der Waals surface area (Å²) >= 11 is 0. The van der Waals surface area contributed by atoms with Crippen molar-refractivity contribution in [3.05, 3.63) is 23.6 Å². The van der Waals surface area contributed by atoms with Gasteiger partial charge in [-0.1, -0.05) is 0 Å². The van der Waals surface area contributed by atoms with Gasteiger partial charge in [0.2, 0.25) is 0 Å². The van der Waals surface area contributed by atoms with E-state index in [1.807, 2.05) is 27.7 Å². The molecule has 108 valence electrons. The summed E-state index contributed by atoms with van der Waals surface area (Å²) in [6.45, 7) is 9.41. The summed E-state index contributed by atoms with van der Waals surface area (Å²) in [4.78, 5) is 4.15. The van der Waals surface area contributed by atoms with Crippen molar-refractivity contribution >= 4 is 12.7 Å². The highest BCUT2D eigenvalue weighted by Gasteiger charge is 2.53. The van der Waals surface area contributed by atoms with Gasteiger partial charge >= 0.3 is 7.12 Å². The van der Waals surface area contributed by atoms with Crippen LogP contribution in [0.15, 0.2) is 12.3 Å². The van der Waals surface area contributed by atoms with Gasteiger partial charge in [-0.3, -0.25) is 4.98 Å². The Hall–Kier alpha value is -0.975. The molecule has 6 heteroatoms. The first-order valence-electron chi connectivity index (χ1n) is 7.02. The van der Waals surface area contributed by atoms with E-state index in [9.17, 15) is 4.39 Å². The Balaban J connectivity index is 1.92. The van der Waals surface area contributed by atoms with Crippen LogP contribution >= 0.6 is 0 Å².